The van der Waals surface area contributed by atoms with Crippen LogP contribution in [0, 0.1) is 12.3 Å². The zero-order chi connectivity index (χ0) is 20.5. The van der Waals surface area contributed by atoms with Gasteiger partial charge < -0.3 is 4.74 Å². The van der Waals surface area contributed by atoms with Crippen LogP contribution in [0.1, 0.15) is 38.3 Å². The highest BCUT2D eigenvalue weighted by Gasteiger charge is 2.22. The molecule has 0 bridgehead atoms. The maximum Gasteiger partial charge on any atom is 0.338 e. The number of hydrogen-bond acceptors (Lipinski definition) is 5. The Hall–Kier alpha value is -3.49. The number of nitrogens with zero attached hydrogens (tertiary/aromatic N) is 3. The molecule has 0 aliphatic carbocycles. The number of terminal acetylenes is 1. The molecule has 2 aromatic carbocycles. The number of ether oxygens (including phenoxy) is 1. The molecule has 0 saturated carbocycles. The van der Waals surface area contributed by atoms with E-state index in [1.54, 1.807) is 0 Å². The summed E-state index contributed by atoms with van der Waals surface area (Å²) in [6.07, 6.45) is 9.24. The van der Waals surface area contributed by atoms with Crippen molar-refractivity contribution in [2.45, 2.75) is 26.0 Å². The topological polar surface area (TPSA) is 55.3 Å². The molecular formula is C25H21N3O2. The van der Waals surface area contributed by atoms with Gasteiger partial charge in [-0.2, -0.15) is 0 Å². The molecule has 0 amide bonds. The van der Waals surface area contributed by atoms with Gasteiger partial charge in [-0.1, -0.05) is 18.1 Å². The lowest BCUT2D eigenvalue weighted by Crippen LogP contribution is -2.33. The highest BCUT2D eigenvalue weighted by atomic mass is 16.5. The van der Waals surface area contributed by atoms with Crippen molar-refractivity contribution in [3.8, 4) is 23.7 Å². The minimum atomic E-state index is -0.212. The van der Waals surface area contributed by atoms with Crippen molar-refractivity contribution < 1.29 is 9.53 Å². The van der Waals surface area contributed by atoms with E-state index in [2.05, 4.69) is 21.9 Å². The van der Waals surface area contributed by atoms with Crippen LogP contribution in [-0.2, 0) is 30.7 Å². The van der Waals surface area contributed by atoms with E-state index in [1.807, 2.05) is 42.6 Å². The number of carbonyl (C=O) groups excluding carboxylic acids is 1. The van der Waals surface area contributed by atoms with Gasteiger partial charge in [-0.05, 0) is 42.3 Å². The van der Waals surface area contributed by atoms with E-state index >= 15 is 0 Å². The molecule has 0 atom stereocenters. The average molecular weight is 395 g/mol. The zero-order valence-electron chi connectivity index (χ0n) is 16.6. The molecule has 0 N–H and O–H groups in total. The molecule has 2 aliphatic heterocycles. The highest BCUT2D eigenvalue weighted by molar-refractivity contribution is 5.93. The van der Waals surface area contributed by atoms with E-state index in [4.69, 9.17) is 16.1 Å². The Morgan fingerprint density at radius 3 is 2.83 bits per heavy atom. The van der Waals surface area contributed by atoms with Gasteiger partial charge >= 0.3 is 5.97 Å². The van der Waals surface area contributed by atoms with Crippen molar-refractivity contribution in [1.29, 1.82) is 0 Å². The molecule has 2 aliphatic rings. The van der Waals surface area contributed by atoms with Gasteiger partial charge in [0.15, 0.2) is 5.82 Å². The number of rotatable bonds is 4. The lowest BCUT2D eigenvalue weighted by molar-refractivity contribution is 0.0535. The van der Waals surface area contributed by atoms with Crippen LogP contribution < -0.4 is 0 Å². The molecule has 5 nitrogen and oxygen atoms in total. The molecule has 0 fully saturated rings. The fourth-order valence-corrected chi connectivity index (χ4v) is 4.05. The first-order chi connectivity index (χ1) is 14.7. The maximum atomic E-state index is 11.6. The van der Waals surface area contributed by atoms with Crippen LogP contribution in [0.15, 0.2) is 48.7 Å². The predicted octanol–water partition coefficient (Wildman–Crippen LogP) is 3.40. The number of fused-ring (bicyclic) bond motifs is 2. The van der Waals surface area contributed by atoms with Crippen molar-refractivity contribution >= 4 is 5.97 Å². The summed E-state index contributed by atoms with van der Waals surface area (Å²) >= 11 is 0. The number of benzene rings is 2. The van der Waals surface area contributed by atoms with Crippen LogP contribution in [0.3, 0.4) is 0 Å². The Morgan fingerprint density at radius 1 is 1.13 bits per heavy atom. The number of cyclic esters (lactones) is 1. The van der Waals surface area contributed by atoms with Crippen molar-refractivity contribution in [3.05, 3.63) is 82.2 Å². The van der Waals surface area contributed by atoms with Gasteiger partial charge in [-0.3, -0.25) is 4.90 Å². The highest BCUT2D eigenvalue weighted by Crippen LogP contribution is 2.23. The van der Waals surface area contributed by atoms with Gasteiger partial charge in [0.1, 0.15) is 6.61 Å². The van der Waals surface area contributed by atoms with Crippen molar-refractivity contribution in [2.24, 2.45) is 0 Å². The fourth-order valence-electron chi connectivity index (χ4n) is 4.05. The van der Waals surface area contributed by atoms with Crippen LogP contribution in [0.5, 0.6) is 0 Å². The Kier molecular flexibility index (Phi) is 4.78. The van der Waals surface area contributed by atoms with Crippen LogP contribution in [0.2, 0.25) is 0 Å². The number of aromatic nitrogens is 2. The first-order valence-corrected chi connectivity index (χ1v) is 10.1. The molecule has 0 saturated heterocycles. The summed E-state index contributed by atoms with van der Waals surface area (Å²) in [5, 5.41) is 0. The second kappa shape index (κ2) is 7.74. The zero-order valence-corrected chi connectivity index (χ0v) is 16.6. The molecule has 30 heavy (non-hydrogen) atoms. The molecule has 3 aromatic rings. The summed E-state index contributed by atoms with van der Waals surface area (Å²) in [7, 11) is 0. The van der Waals surface area contributed by atoms with E-state index in [0.29, 0.717) is 12.2 Å². The number of hydrogen-bond donors (Lipinski definition) is 0. The first-order valence-electron chi connectivity index (χ1n) is 10.1. The van der Waals surface area contributed by atoms with Crippen molar-refractivity contribution in [3.63, 3.8) is 0 Å². The lowest BCUT2D eigenvalue weighted by Gasteiger charge is -2.28. The monoisotopic (exact) mass is 395 g/mol. The summed E-state index contributed by atoms with van der Waals surface area (Å²) in [6.45, 7) is 3.19. The summed E-state index contributed by atoms with van der Waals surface area (Å²) in [6, 6.07) is 13.8. The van der Waals surface area contributed by atoms with Gasteiger partial charge in [-0.25, -0.2) is 14.8 Å². The van der Waals surface area contributed by atoms with Crippen LogP contribution >= 0.6 is 0 Å². The minimum Gasteiger partial charge on any atom is -0.457 e. The fraction of sp³-hybridized carbons (Fsp3) is 0.240. The van der Waals surface area contributed by atoms with E-state index in [1.165, 1.54) is 11.1 Å². The van der Waals surface area contributed by atoms with E-state index in [0.717, 1.165) is 60.7 Å². The smallest absolute Gasteiger partial charge is 0.338 e. The second-order valence-electron chi connectivity index (χ2n) is 7.73. The normalized spacial score (nSPS) is 15.2. The van der Waals surface area contributed by atoms with E-state index in [-0.39, 0.29) is 5.97 Å². The SMILES string of the molecule is C#Cc1ccc(-c2ncc3c(n2)CCN(CCc2ccc4c(c2)COC4=O)C3)cc1. The summed E-state index contributed by atoms with van der Waals surface area (Å²) < 4.78 is 5.09. The quantitative estimate of drug-likeness (QED) is 0.501. The standard InChI is InChI=1S/C25H21N3O2/c1-2-17-3-6-19(7-4-17)24-26-14-21-15-28(12-10-23(21)27-24)11-9-18-5-8-22-20(13-18)16-30-25(22)29/h1,3-8,13-14H,9-12,15-16H2. The van der Waals surface area contributed by atoms with Crippen molar-refractivity contribution in [2.75, 3.05) is 13.1 Å². The van der Waals surface area contributed by atoms with Crippen LogP contribution in [0.4, 0.5) is 0 Å². The molecule has 1 aromatic heterocycles. The van der Waals surface area contributed by atoms with Gasteiger partial charge in [0.25, 0.3) is 0 Å². The molecule has 3 heterocycles. The Morgan fingerprint density at radius 2 is 2.00 bits per heavy atom. The van der Waals surface area contributed by atoms with Gasteiger partial charge in [0.05, 0.1) is 11.3 Å². The Bertz CT molecular complexity index is 1160. The molecule has 0 unspecified atom stereocenters. The molecule has 0 radical (unpaired) electrons. The second-order valence-corrected chi connectivity index (χ2v) is 7.73. The summed E-state index contributed by atoms with van der Waals surface area (Å²) in [5.41, 5.74) is 7.10. The van der Waals surface area contributed by atoms with Gasteiger partial charge in [0.2, 0.25) is 0 Å². The number of esters is 1. The molecule has 5 rings (SSSR count). The van der Waals surface area contributed by atoms with Gasteiger partial charge in [-0.15, -0.1) is 6.42 Å². The number of carbonyl (C=O) groups is 1. The van der Waals surface area contributed by atoms with Crippen LogP contribution in [0.25, 0.3) is 11.4 Å². The van der Waals surface area contributed by atoms with Crippen LogP contribution in [-0.4, -0.2) is 33.9 Å². The predicted molar refractivity (Wildman–Crippen MR) is 114 cm³/mol. The summed E-state index contributed by atoms with van der Waals surface area (Å²) in [5.74, 6) is 3.17. The first kappa shape index (κ1) is 18.5. The molecule has 148 valence electrons. The molecule has 5 heteroatoms. The van der Waals surface area contributed by atoms with Gasteiger partial charge in [0, 0.05) is 54.5 Å². The largest absolute Gasteiger partial charge is 0.457 e. The Labute approximate surface area is 175 Å². The van der Waals surface area contributed by atoms with E-state index in [9.17, 15) is 4.79 Å². The third kappa shape index (κ3) is 3.58. The average Bonchev–Trinajstić information content (AvgIpc) is 3.17. The lowest BCUT2D eigenvalue weighted by atomic mass is 10.0. The third-order valence-electron chi connectivity index (χ3n) is 5.79. The summed E-state index contributed by atoms with van der Waals surface area (Å²) in [4.78, 5) is 23.4. The third-order valence-corrected chi connectivity index (χ3v) is 5.79. The minimum absolute atomic E-state index is 0.212. The molecular weight excluding hydrogens is 374 g/mol. The van der Waals surface area contributed by atoms with Crippen molar-refractivity contribution in [1.82, 2.24) is 14.9 Å². The maximum absolute atomic E-state index is 11.6. The Balaban J connectivity index is 1.24. The molecule has 0 spiro atoms. The van der Waals surface area contributed by atoms with E-state index < -0.39 is 0 Å².